The van der Waals surface area contributed by atoms with Gasteiger partial charge < -0.3 is 15.8 Å². The molecule has 4 amide bonds. The van der Waals surface area contributed by atoms with Crippen LogP contribution in [-0.2, 0) is 9.59 Å². The maximum atomic E-state index is 12.2. The van der Waals surface area contributed by atoms with Crippen molar-refractivity contribution in [3.8, 4) is 16.9 Å². The lowest BCUT2D eigenvalue weighted by molar-refractivity contribution is -0.130. The second kappa shape index (κ2) is 11.5. The summed E-state index contributed by atoms with van der Waals surface area (Å²) in [6.07, 6.45) is -0.146. The van der Waals surface area contributed by atoms with E-state index in [0.717, 1.165) is 11.1 Å². The van der Waals surface area contributed by atoms with Crippen LogP contribution >= 0.6 is 11.6 Å². The molecule has 3 aromatic rings. The van der Waals surface area contributed by atoms with Gasteiger partial charge in [0.05, 0.1) is 12.5 Å². The zero-order valence-electron chi connectivity index (χ0n) is 17.6. The highest BCUT2D eigenvalue weighted by atomic mass is 35.5. The Morgan fingerprint density at radius 3 is 2.06 bits per heavy atom. The van der Waals surface area contributed by atoms with Gasteiger partial charge in [0.15, 0.2) is 6.61 Å². The van der Waals surface area contributed by atoms with Crippen molar-refractivity contribution in [1.29, 1.82) is 0 Å². The number of nitrogens with two attached hydrogens (primary N) is 1. The number of carbonyl (C=O) groups is 3. The van der Waals surface area contributed by atoms with Crippen LogP contribution in [0.5, 0.6) is 5.75 Å². The molecule has 8 nitrogen and oxygen atoms in total. The van der Waals surface area contributed by atoms with Crippen molar-refractivity contribution in [2.75, 3.05) is 6.61 Å². The molecule has 3 rings (SSSR count). The van der Waals surface area contributed by atoms with E-state index in [1.54, 1.807) is 36.4 Å². The molecule has 0 aromatic heterocycles. The molecule has 0 fully saturated rings. The third-order valence-electron chi connectivity index (χ3n) is 4.65. The van der Waals surface area contributed by atoms with Crippen molar-refractivity contribution in [3.63, 3.8) is 0 Å². The monoisotopic (exact) mass is 466 g/mol. The molecule has 0 spiro atoms. The van der Waals surface area contributed by atoms with Crippen LogP contribution in [0.1, 0.15) is 18.0 Å². The number of hydrazine groups is 1. The molecule has 0 heterocycles. The van der Waals surface area contributed by atoms with Crippen LogP contribution in [0.3, 0.4) is 0 Å². The van der Waals surface area contributed by atoms with Gasteiger partial charge in [-0.05, 0) is 41.0 Å². The van der Waals surface area contributed by atoms with E-state index in [1.165, 1.54) is 0 Å². The number of urea groups is 1. The largest absolute Gasteiger partial charge is 0.484 e. The van der Waals surface area contributed by atoms with E-state index in [0.29, 0.717) is 16.3 Å². The quantitative estimate of drug-likeness (QED) is 0.380. The third kappa shape index (κ3) is 7.55. The zero-order valence-corrected chi connectivity index (χ0v) is 18.3. The Morgan fingerprint density at radius 1 is 0.818 bits per heavy atom. The molecule has 170 valence electrons. The van der Waals surface area contributed by atoms with Gasteiger partial charge in [-0.15, -0.1) is 0 Å². The van der Waals surface area contributed by atoms with Crippen molar-refractivity contribution < 1.29 is 19.1 Å². The summed E-state index contributed by atoms with van der Waals surface area (Å²) in [5.74, 6) is -0.546. The molecule has 1 unspecified atom stereocenters. The van der Waals surface area contributed by atoms with E-state index >= 15 is 0 Å². The number of rotatable bonds is 8. The molecule has 9 heteroatoms. The SMILES string of the molecule is NC(=O)NC(CC(=O)NNC(=O)COc1ccc(-c2ccccc2)cc1)c1ccc(Cl)cc1. The predicted octanol–water partition coefficient (Wildman–Crippen LogP) is 3.33. The second-order valence-corrected chi connectivity index (χ2v) is 7.53. The molecule has 0 aliphatic heterocycles. The lowest BCUT2D eigenvalue weighted by Crippen LogP contribution is -2.45. The summed E-state index contributed by atoms with van der Waals surface area (Å²) in [6, 6.07) is 22.3. The Balaban J connectivity index is 1.46. The summed E-state index contributed by atoms with van der Waals surface area (Å²) >= 11 is 5.87. The number of benzene rings is 3. The fourth-order valence-corrected chi connectivity index (χ4v) is 3.18. The summed E-state index contributed by atoms with van der Waals surface area (Å²) in [7, 11) is 0. The van der Waals surface area contributed by atoms with Gasteiger partial charge in [-0.1, -0.05) is 66.2 Å². The van der Waals surface area contributed by atoms with Crippen LogP contribution in [0.2, 0.25) is 5.02 Å². The number of hydrogen-bond donors (Lipinski definition) is 4. The topological polar surface area (TPSA) is 123 Å². The highest BCUT2D eigenvalue weighted by Gasteiger charge is 2.18. The highest BCUT2D eigenvalue weighted by Crippen LogP contribution is 2.22. The van der Waals surface area contributed by atoms with E-state index in [2.05, 4.69) is 16.2 Å². The van der Waals surface area contributed by atoms with Gasteiger partial charge in [0.2, 0.25) is 5.91 Å². The maximum absolute atomic E-state index is 12.2. The van der Waals surface area contributed by atoms with Gasteiger partial charge in [0.25, 0.3) is 5.91 Å². The fraction of sp³-hybridized carbons (Fsp3) is 0.125. The second-order valence-electron chi connectivity index (χ2n) is 7.09. The Morgan fingerprint density at radius 2 is 1.42 bits per heavy atom. The van der Waals surface area contributed by atoms with E-state index in [4.69, 9.17) is 22.1 Å². The first-order valence-corrected chi connectivity index (χ1v) is 10.5. The number of nitrogens with one attached hydrogen (secondary N) is 3. The maximum Gasteiger partial charge on any atom is 0.312 e. The summed E-state index contributed by atoms with van der Waals surface area (Å²) in [5, 5.41) is 3.01. The molecule has 0 aliphatic rings. The van der Waals surface area contributed by atoms with Gasteiger partial charge >= 0.3 is 6.03 Å². The summed E-state index contributed by atoms with van der Waals surface area (Å²) in [4.78, 5) is 35.6. The Kier molecular flexibility index (Phi) is 8.26. The van der Waals surface area contributed by atoms with E-state index < -0.39 is 23.9 Å². The summed E-state index contributed by atoms with van der Waals surface area (Å²) in [6.45, 7) is -0.287. The van der Waals surface area contributed by atoms with Crippen LogP contribution < -0.4 is 26.6 Å². The van der Waals surface area contributed by atoms with Crippen LogP contribution in [0.25, 0.3) is 11.1 Å². The standard InChI is InChI=1S/C24H23ClN4O4/c25-19-10-6-18(7-11-19)21(27-24(26)32)14-22(30)28-29-23(31)15-33-20-12-8-17(9-13-20)16-4-2-1-3-5-16/h1-13,21H,14-15H2,(H,28,30)(H,29,31)(H3,26,27,32). The molecule has 5 N–H and O–H groups in total. The number of ether oxygens (including phenoxy) is 1. The van der Waals surface area contributed by atoms with Gasteiger partial charge in [0.1, 0.15) is 5.75 Å². The van der Waals surface area contributed by atoms with Crippen LogP contribution in [-0.4, -0.2) is 24.5 Å². The minimum atomic E-state index is -0.779. The minimum absolute atomic E-state index is 0.146. The van der Waals surface area contributed by atoms with Crippen molar-refractivity contribution in [2.24, 2.45) is 5.73 Å². The van der Waals surface area contributed by atoms with Crippen molar-refractivity contribution >= 4 is 29.4 Å². The molecule has 3 aromatic carbocycles. The molecule has 0 aliphatic carbocycles. The summed E-state index contributed by atoms with van der Waals surface area (Å²) in [5.41, 5.74) is 12.5. The van der Waals surface area contributed by atoms with E-state index in [9.17, 15) is 14.4 Å². The highest BCUT2D eigenvalue weighted by molar-refractivity contribution is 6.30. The fourth-order valence-electron chi connectivity index (χ4n) is 3.05. The Bertz CT molecular complexity index is 1090. The predicted molar refractivity (Wildman–Crippen MR) is 125 cm³/mol. The number of halogens is 1. The van der Waals surface area contributed by atoms with Crippen LogP contribution in [0, 0.1) is 0 Å². The van der Waals surface area contributed by atoms with Crippen molar-refractivity contribution in [2.45, 2.75) is 12.5 Å². The molecular formula is C24H23ClN4O4. The average Bonchev–Trinajstić information content (AvgIpc) is 2.82. The first kappa shape index (κ1) is 23.6. The van der Waals surface area contributed by atoms with Crippen LogP contribution in [0.15, 0.2) is 78.9 Å². The van der Waals surface area contributed by atoms with Crippen molar-refractivity contribution in [1.82, 2.24) is 16.2 Å². The summed E-state index contributed by atoms with van der Waals surface area (Å²) < 4.78 is 5.46. The lowest BCUT2D eigenvalue weighted by Gasteiger charge is -2.18. The first-order valence-electron chi connectivity index (χ1n) is 10.1. The van der Waals surface area contributed by atoms with E-state index in [1.807, 2.05) is 42.5 Å². The van der Waals surface area contributed by atoms with Crippen molar-refractivity contribution in [3.05, 3.63) is 89.4 Å². The third-order valence-corrected chi connectivity index (χ3v) is 4.90. The number of carbonyl (C=O) groups excluding carboxylic acids is 3. The van der Waals surface area contributed by atoms with E-state index in [-0.39, 0.29) is 13.0 Å². The van der Waals surface area contributed by atoms with Gasteiger partial charge in [0, 0.05) is 5.02 Å². The number of primary amides is 1. The molecule has 0 radical (unpaired) electrons. The Hall–Kier alpha value is -4.04. The molecule has 0 bridgehead atoms. The molecule has 0 saturated carbocycles. The Labute approximate surface area is 196 Å². The van der Waals surface area contributed by atoms with Crippen LogP contribution in [0.4, 0.5) is 4.79 Å². The lowest BCUT2D eigenvalue weighted by atomic mass is 10.0. The molecular weight excluding hydrogens is 444 g/mol. The van der Waals surface area contributed by atoms with Gasteiger partial charge in [-0.2, -0.15) is 0 Å². The molecule has 1 atom stereocenters. The normalized spacial score (nSPS) is 11.2. The van der Waals surface area contributed by atoms with Gasteiger partial charge in [-0.25, -0.2) is 4.79 Å². The number of amides is 4. The average molecular weight is 467 g/mol. The smallest absolute Gasteiger partial charge is 0.312 e. The first-order chi connectivity index (χ1) is 15.9. The molecule has 33 heavy (non-hydrogen) atoms. The number of hydrogen-bond acceptors (Lipinski definition) is 4. The minimum Gasteiger partial charge on any atom is -0.484 e. The van der Waals surface area contributed by atoms with Gasteiger partial charge in [-0.3, -0.25) is 20.4 Å². The molecule has 0 saturated heterocycles. The zero-order chi connectivity index (χ0) is 23.6.